The fraction of sp³-hybridized carbons (Fsp3) is 0.435. The zero-order valence-electron chi connectivity index (χ0n) is 19.5. The third kappa shape index (κ3) is 5.81. The van der Waals surface area contributed by atoms with Gasteiger partial charge in [0.1, 0.15) is 24.5 Å². The first-order valence-electron chi connectivity index (χ1n) is 10.7. The van der Waals surface area contributed by atoms with Crippen molar-refractivity contribution in [3.05, 3.63) is 59.6 Å². The van der Waals surface area contributed by atoms with Crippen molar-refractivity contribution in [2.45, 2.75) is 39.9 Å². The Morgan fingerprint density at radius 1 is 1.25 bits per heavy atom. The molecule has 0 bridgehead atoms. The molecule has 0 radical (unpaired) electrons. The summed E-state index contributed by atoms with van der Waals surface area (Å²) in [4.78, 5) is 6.86. The van der Waals surface area contributed by atoms with Gasteiger partial charge < -0.3 is 28.7 Å². The van der Waals surface area contributed by atoms with Crippen molar-refractivity contribution in [2.24, 2.45) is 4.99 Å². The Morgan fingerprint density at radius 2 is 2.03 bits per heavy atom. The molecule has 0 saturated heterocycles. The minimum atomic E-state index is 0.456. The van der Waals surface area contributed by atoms with E-state index in [1.165, 1.54) is 0 Å². The van der Waals surface area contributed by atoms with Crippen LogP contribution in [0.4, 0.5) is 0 Å². The molecule has 1 N–H and O–H groups in total. The predicted molar refractivity (Wildman–Crippen MR) is 123 cm³/mol. The van der Waals surface area contributed by atoms with Crippen LogP contribution < -0.4 is 14.8 Å². The lowest BCUT2D eigenvalue weighted by molar-refractivity contribution is 0.353. The number of aryl methyl sites for hydroxylation is 2. The minimum absolute atomic E-state index is 0.456. The molecule has 0 unspecified atom stereocenters. The second-order valence-electron chi connectivity index (χ2n) is 7.43. The number of aromatic nitrogens is 3. The molecule has 172 valence electrons. The summed E-state index contributed by atoms with van der Waals surface area (Å²) in [6, 6.07) is 7.80. The van der Waals surface area contributed by atoms with Crippen LogP contribution in [-0.2, 0) is 26.1 Å². The molecule has 32 heavy (non-hydrogen) atoms. The molecular weight excluding hydrogens is 408 g/mol. The first kappa shape index (κ1) is 23.2. The number of furan rings is 1. The Morgan fingerprint density at radius 3 is 2.72 bits per heavy atom. The van der Waals surface area contributed by atoms with Crippen LogP contribution in [0.3, 0.4) is 0 Å². The van der Waals surface area contributed by atoms with E-state index in [1.807, 2.05) is 31.3 Å². The monoisotopic (exact) mass is 440 g/mol. The topological polar surface area (TPSA) is 89.9 Å². The minimum Gasteiger partial charge on any atom is -0.493 e. The van der Waals surface area contributed by atoms with Gasteiger partial charge in [0.05, 0.1) is 20.5 Å². The average Bonchev–Trinajstić information content (AvgIpc) is 3.48. The van der Waals surface area contributed by atoms with Gasteiger partial charge in [-0.3, -0.25) is 0 Å². The van der Waals surface area contributed by atoms with E-state index in [-0.39, 0.29) is 0 Å². The van der Waals surface area contributed by atoms with Gasteiger partial charge in [-0.15, -0.1) is 10.2 Å². The number of hydrogen-bond donors (Lipinski definition) is 1. The fourth-order valence-corrected chi connectivity index (χ4v) is 3.42. The highest BCUT2D eigenvalue weighted by Gasteiger charge is 2.13. The summed E-state index contributed by atoms with van der Waals surface area (Å²) < 4.78 is 18.4. The largest absolute Gasteiger partial charge is 0.493 e. The summed E-state index contributed by atoms with van der Waals surface area (Å²) in [5.41, 5.74) is 2.25. The second kappa shape index (κ2) is 11.2. The van der Waals surface area contributed by atoms with Crippen molar-refractivity contribution in [1.29, 1.82) is 0 Å². The molecule has 0 amide bonds. The Balaban J connectivity index is 1.74. The summed E-state index contributed by atoms with van der Waals surface area (Å²) in [6.45, 7) is 6.69. The summed E-state index contributed by atoms with van der Waals surface area (Å²) in [6.07, 6.45) is 4.27. The molecule has 0 saturated carbocycles. The lowest BCUT2D eigenvalue weighted by atomic mass is 10.1. The van der Waals surface area contributed by atoms with Crippen LogP contribution >= 0.6 is 0 Å². The Bertz CT molecular complexity index is 1010. The maximum atomic E-state index is 5.48. The Hall–Kier alpha value is -3.49. The predicted octanol–water partition coefficient (Wildman–Crippen LogP) is 3.04. The standard InChI is InChI=1S/C23H32N6O3/c1-6-22-27-26-16-29(22)10-9-24-23(25-14-19-8-7-11-32-19)28(3)15-18-13-21(31-5)20(30-4)12-17(18)2/h7-8,11-13,16H,6,9-10,14-15H2,1-5H3,(H,24,25). The smallest absolute Gasteiger partial charge is 0.194 e. The SMILES string of the molecule is CCc1nncn1CCNC(=NCc1ccco1)N(C)Cc1cc(OC)c(OC)cc1C. The molecule has 0 spiro atoms. The molecule has 1 aromatic carbocycles. The molecule has 0 fully saturated rings. The first-order chi connectivity index (χ1) is 15.5. The molecule has 0 aliphatic rings. The van der Waals surface area contributed by atoms with E-state index in [0.717, 1.165) is 47.4 Å². The van der Waals surface area contributed by atoms with E-state index in [9.17, 15) is 0 Å². The van der Waals surface area contributed by atoms with Gasteiger partial charge in [-0.25, -0.2) is 4.99 Å². The van der Waals surface area contributed by atoms with Gasteiger partial charge in [0.2, 0.25) is 0 Å². The number of ether oxygens (including phenoxy) is 2. The van der Waals surface area contributed by atoms with E-state index in [1.54, 1.807) is 26.8 Å². The summed E-state index contributed by atoms with van der Waals surface area (Å²) >= 11 is 0. The molecule has 0 aliphatic heterocycles. The van der Waals surface area contributed by atoms with E-state index in [0.29, 0.717) is 25.4 Å². The molecule has 9 nitrogen and oxygen atoms in total. The van der Waals surface area contributed by atoms with Gasteiger partial charge in [0.25, 0.3) is 0 Å². The molecular formula is C23H32N6O3. The van der Waals surface area contributed by atoms with Crippen LogP contribution in [0.15, 0.2) is 46.3 Å². The van der Waals surface area contributed by atoms with Gasteiger partial charge in [-0.1, -0.05) is 6.92 Å². The Kier molecular flexibility index (Phi) is 8.13. The molecule has 2 heterocycles. The third-order valence-electron chi connectivity index (χ3n) is 5.22. The van der Waals surface area contributed by atoms with Crippen LogP contribution in [0.5, 0.6) is 11.5 Å². The van der Waals surface area contributed by atoms with Crippen molar-refractivity contribution in [1.82, 2.24) is 25.0 Å². The van der Waals surface area contributed by atoms with Gasteiger partial charge in [0.15, 0.2) is 17.5 Å². The number of nitrogens with one attached hydrogen (secondary N) is 1. The van der Waals surface area contributed by atoms with Crippen molar-refractivity contribution in [2.75, 3.05) is 27.8 Å². The highest BCUT2D eigenvalue weighted by Crippen LogP contribution is 2.30. The van der Waals surface area contributed by atoms with Crippen molar-refractivity contribution in [3.8, 4) is 11.5 Å². The Labute approximate surface area is 189 Å². The molecule has 3 aromatic rings. The van der Waals surface area contributed by atoms with Gasteiger partial charge in [0, 0.05) is 33.1 Å². The van der Waals surface area contributed by atoms with E-state index < -0.39 is 0 Å². The van der Waals surface area contributed by atoms with Crippen LogP contribution in [-0.4, -0.2) is 53.4 Å². The second-order valence-corrected chi connectivity index (χ2v) is 7.43. The lowest BCUT2D eigenvalue weighted by Crippen LogP contribution is -2.40. The number of nitrogens with zero attached hydrogens (tertiary/aromatic N) is 5. The highest BCUT2D eigenvalue weighted by atomic mass is 16.5. The fourth-order valence-electron chi connectivity index (χ4n) is 3.42. The number of hydrogen-bond acceptors (Lipinski definition) is 6. The van der Waals surface area contributed by atoms with E-state index in [4.69, 9.17) is 18.9 Å². The highest BCUT2D eigenvalue weighted by molar-refractivity contribution is 5.79. The van der Waals surface area contributed by atoms with Crippen LogP contribution in [0.1, 0.15) is 29.6 Å². The van der Waals surface area contributed by atoms with Crippen LogP contribution in [0.2, 0.25) is 0 Å². The number of benzene rings is 1. The zero-order chi connectivity index (χ0) is 22.9. The molecule has 9 heteroatoms. The number of guanidine groups is 1. The van der Waals surface area contributed by atoms with E-state index in [2.05, 4.69) is 38.8 Å². The van der Waals surface area contributed by atoms with Gasteiger partial charge in [-0.2, -0.15) is 0 Å². The molecule has 0 atom stereocenters. The van der Waals surface area contributed by atoms with Crippen molar-refractivity contribution < 1.29 is 13.9 Å². The van der Waals surface area contributed by atoms with E-state index >= 15 is 0 Å². The zero-order valence-corrected chi connectivity index (χ0v) is 19.5. The third-order valence-corrected chi connectivity index (χ3v) is 5.22. The molecule has 3 rings (SSSR count). The van der Waals surface area contributed by atoms with Crippen LogP contribution in [0.25, 0.3) is 0 Å². The average molecular weight is 441 g/mol. The quantitative estimate of drug-likeness (QED) is 0.383. The number of methoxy groups -OCH3 is 2. The van der Waals surface area contributed by atoms with Crippen LogP contribution in [0, 0.1) is 6.92 Å². The maximum absolute atomic E-state index is 5.48. The maximum Gasteiger partial charge on any atom is 0.194 e. The van der Waals surface area contributed by atoms with Crippen molar-refractivity contribution >= 4 is 5.96 Å². The molecule has 0 aliphatic carbocycles. The molecule has 2 aromatic heterocycles. The number of rotatable bonds is 10. The summed E-state index contributed by atoms with van der Waals surface area (Å²) in [7, 11) is 5.31. The summed E-state index contributed by atoms with van der Waals surface area (Å²) in [5, 5.41) is 11.6. The summed E-state index contributed by atoms with van der Waals surface area (Å²) in [5.74, 6) is 3.99. The lowest BCUT2D eigenvalue weighted by Gasteiger charge is -2.24. The normalized spacial score (nSPS) is 11.5. The van der Waals surface area contributed by atoms with Gasteiger partial charge >= 0.3 is 0 Å². The first-order valence-corrected chi connectivity index (χ1v) is 10.7. The van der Waals surface area contributed by atoms with Gasteiger partial charge in [-0.05, 0) is 42.3 Å². The van der Waals surface area contributed by atoms with Crippen molar-refractivity contribution in [3.63, 3.8) is 0 Å². The number of aliphatic imine (C=N–C) groups is 1.